The lowest BCUT2D eigenvalue weighted by atomic mass is 10.1. The lowest BCUT2D eigenvalue weighted by Crippen LogP contribution is -2.37. The van der Waals surface area contributed by atoms with Crippen LogP contribution in [0.2, 0.25) is 0 Å². The summed E-state index contributed by atoms with van der Waals surface area (Å²) in [6, 6.07) is 19.9. The molecule has 0 unspecified atom stereocenters. The highest BCUT2D eigenvalue weighted by atomic mass is 16.2. The number of aryl methyl sites for hydroxylation is 2. The van der Waals surface area contributed by atoms with E-state index in [9.17, 15) is 9.59 Å². The first kappa shape index (κ1) is 17.2. The zero-order valence-corrected chi connectivity index (χ0v) is 16.3. The van der Waals surface area contributed by atoms with Gasteiger partial charge in [0.05, 0.1) is 5.69 Å². The molecule has 144 valence electrons. The Hall–Kier alpha value is -3.87. The minimum absolute atomic E-state index is 0.358. The van der Waals surface area contributed by atoms with Crippen molar-refractivity contribution in [2.45, 2.75) is 6.92 Å². The van der Waals surface area contributed by atoms with E-state index >= 15 is 0 Å². The van der Waals surface area contributed by atoms with Gasteiger partial charge in [-0.15, -0.1) is 0 Å². The molecule has 0 amide bonds. The van der Waals surface area contributed by atoms with Gasteiger partial charge in [-0.1, -0.05) is 48.5 Å². The second-order valence-corrected chi connectivity index (χ2v) is 7.10. The molecule has 5 rings (SSSR count). The summed E-state index contributed by atoms with van der Waals surface area (Å²) in [6.45, 7) is 1.97. The van der Waals surface area contributed by atoms with Gasteiger partial charge in [0.25, 0.3) is 5.56 Å². The van der Waals surface area contributed by atoms with Crippen LogP contribution in [0.15, 0.2) is 70.3 Å². The summed E-state index contributed by atoms with van der Waals surface area (Å²) in [5.41, 5.74) is 3.81. The normalized spacial score (nSPS) is 11.6. The lowest BCUT2D eigenvalue weighted by Gasteiger charge is -2.10. The third kappa shape index (κ3) is 2.27. The Balaban J connectivity index is 2.05. The highest BCUT2D eigenvalue weighted by Crippen LogP contribution is 2.32. The predicted molar refractivity (Wildman–Crippen MR) is 113 cm³/mol. The van der Waals surface area contributed by atoms with E-state index in [1.807, 2.05) is 76.6 Å². The van der Waals surface area contributed by atoms with Crippen LogP contribution in [-0.4, -0.2) is 23.1 Å². The number of nitrogens with zero attached hydrogens (tertiary/aromatic N) is 5. The Kier molecular flexibility index (Phi) is 3.61. The quantitative estimate of drug-likeness (QED) is 0.469. The number of hydrogen-bond acceptors (Lipinski definition) is 3. The third-order valence-corrected chi connectivity index (χ3v) is 5.40. The van der Waals surface area contributed by atoms with E-state index in [1.165, 1.54) is 11.6 Å². The van der Waals surface area contributed by atoms with Gasteiger partial charge in [-0.05, 0) is 19.1 Å². The molecular formula is C22H19N5O2. The van der Waals surface area contributed by atoms with Gasteiger partial charge in [0.15, 0.2) is 11.2 Å². The summed E-state index contributed by atoms with van der Waals surface area (Å²) in [5.74, 6) is 0.598. The van der Waals surface area contributed by atoms with Gasteiger partial charge in [-0.3, -0.25) is 22.9 Å². The fourth-order valence-electron chi connectivity index (χ4n) is 3.98. The van der Waals surface area contributed by atoms with E-state index in [4.69, 9.17) is 4.98 Å². The first-order valence-electron chi connectivity index (χ1n) is 9.31. The van der Waals surface area contributed by atoms with Crippen molar-refractivity contribution >= 4 is 16.9 Å². The second kappa shape index (κ2) is 6.07. The molecule has 0 aliphatic carbocycles. The van der Waals surface area contributed by atoms with E-state index in [0.717, 1.165) is 27.2 Å². The molecule has 0 aliphatic rings. The van der Waals surface area contributed by atoms with Crippen molar-refractivity contribution in [3.8, 4) is 16.9 Å². The minimum atomic E-state index is -0.393. The van der Waals surface area contributed by atoms with Gasteiger partial charge in [0.1, 0.15) is 0 Å². The minimum Gasteiger partial charge on any atom is -0.279 e. The average Bonchev–Trinajstić information content (AvgIpc) is 3.27. The van der Waals surface area contributed by atoms with Crippen molar-refractivity contribution < 1.29 is 0 Å². The molecule has 3 aromatic heterocycles. The molecule has 0 bridgehead atoms. The smallest absolute Gasteiger partial charge is 0.279 e. The van der Waals surface area contributed by atoms with Crippen molar-refractivity contribution in [2.75, 3.05) is 0 Å². The predicted octanol–water partition coefficient (Wildman–Crippen LogP) is 2.65. The van der Waals surface area contributed by atoms with Crippen LogP contribution in [0.4, 0.5) is 0 Å². The van der Waals surface area contributed by atoms with Gasteiger partial charge >= 0.3 is 5.69 Å². The van der Waals surface area contributed by atoms with Crippen molar-refractivity contribution in [2.24, 2.45) is 14.1 Å². The van der Waals surface area contributed by atoms with E-state index in [0.29, 0.717) is 16.9 Å². The van der Waals surface area contributed by atoms with Crippen LogP contribution in [0.25, 0.3) is 33.9 Å². The Bertz CT molecular complexity index is 1500. The fourth-order valence-corrected chi connectivity index (χ4v) is 3.98. The molecule has 5 aromatic rings. The largest absolute Gasteiger partial charge is 0.332 e. The first-order chi connectivity index (χ1) is 14.0. The summed E-state index contributed by atoms with van der Waals surface area (Å²) in [7, 11) is 3.13. The molecule has 7 nitrogen and oxygen atoms in total. The molecule has 0 fully saturated rings. The molecule has 0 spiro atoms. The summed E-state index contributed by atoms with van der Waals surface area (Å²) in [5, 5.41) is 0. The van der Waals surface area contributed by atoms with Gasteiger partial charge < -0.3 is 0 Å². The summed E-state index contributed by atoms with van der Waals surface area (Å²) < 4.78 is 6.43. The Morgan fingerprint density at radius 1 is 0.828 bits per heavy atom. The summed E-state index contributed by atoms with van der Waals surface area (Å²) >= 11 is 0. The first-order valence-corrected chi connectivity index (χ1v) is 9.31. The van der Waals surface area contributed by atoms with Crippen molar-refractivity contribution in [3.05, 3.63) is 87.2 Å². The average molecular weight is 385 g/mol. The van der Waals surface area contributed by atoms with E-state index < -0.39 is 5.69 Å². The number of rotatable bonds is 2. The van der Waals surface area contributed by atoms with Crippen LogP contribution in [-0.2, 0) is 14.1 Å². The Morgan fingerprint density at radius 2 is 1.45 bits per heavy atom. The van der Waals surface area contributed by atoms with E-state index in [1.54, 1.807) is 7.05 Å². The molecule has 0 saturated carbocycles. The number of para-hydroxylation sites is 1. The maximum Gasteiger partial charge on any atom is 0.332 e. The molecule has 2 aromatic carbocycles. The molecular weight excluding hydrogens is 366 g/mol. The van der Waals surface area contributed by atoms with Crippen LogP contribution < -0.4 is 11.2 Å². The number of fused-ring (bicyclic) bond motifs is 3. The highest BCUT2D eigenvalue weighted by molar-refractivity contribution is 5.81. The standard InChI is InChI=1S/C22H19N5O2/c1-14-17(15-10-6-4-7-11-15)27(16-12-8-5-9-13-16)21-23-19-18(26(14)21)20(28)25(3)22(29)24(19)2/h4-13H,1-3H3. The molecule has 0 atom stereocenters. The van der Waals surface area contributed by atoms with Crippen LogP contribution in [0.1, 0.15) is 5.69 Å². The SMILES string of the molecule is Cc1c(-c2ccccc2)n(-c2ccccc2)c2nc3c(c(=O)n(C)c(=O)n3C)n12. The van der Waals surface area contributed by atoms with Gasteiger partial charge in [0, 0.05) is 31.0 Å². The lowest BCUT2D eigenvalue weighted by molar-refractivity contribution is 0.707. The number of hydrogen-bond donors (Lipinski definition) is 0. The van der Waals surface area contributed by atoms with Crippen LogP contribution >= 0.6 is 0 Å². The summed E-state index contributed by atoms with van der Waals surface area (Å²) in [6.07, 6.45) is 0. The maximum atomic E-state index is 13.0. The van der Waals surface area contributed by atoms with Crippen molar-refractivity contribution in [3.63, 3.8) is 0 Å². The molecule has 0 saturated heterocycles. The van der Waals surface area contributed by atoms with Crippen LogP contribution in [0.3, 0.4) is 0 Å². The molecule has 3 heterocycles. The van der Waals surface area contributed by atoms with Gasteiger partial charge in [-0.25, -0.2) is 4.79 Å². The van der Waals surface area contributed by atoms with Gasteiger partial charge in [0.2, 0.25) is 5.78 Å². The number of aromatic nitrogens is 5. The Morgan fingerprint density at radius 3 is 2.10 bits per heavy atom. The molecule has 0 N–H and O–H groups in total. The fraction of sp³-hybridized carbons (Fsp3) is 0.136. The molecule has 0 radical (unpaired) electrons. The molecule has 29 heavy (non-hydrogen) atoms. The Labute approximate surface area is 165 Å². The highest BCUT2D eigenvalue weighted by Gasteiger charge is 2.24. The maximum absolute atomic E-state index is 13.0. The van der Waals surface area contributed by atoms with Crippen molar-refractivity contribution in [1.82, 2.24) is 23.1 Å². The third-order valence-electron chi connectivity index (χ3n) is 5.40. The van der Waals surface area contributed by atoms with Crippen LogP contribution in [0.5, 0.6) is 0 Å². The molecule has 7 heteroatoms. The topological polar surface area (TPSA) is 66.2 Å². The van der Waals surface area contributed by atoms with Crippen molar-refractivity contribution in [1.29, 1.82) is 0 Å². The summed E-state index contributed by atoms with van der Waals surface area (Å²) in [4.78, 5) is 30.1. The van der Waals surface area contributed by atoms with E-state index in [2.05, 4.69) is 0 Å². The monoisotopic (exact) mass is 385 g/mol. The zero-order chi connectivity index (χ0) is 20.3. The van der Waals surface area contributed by atoms with Gasteiger partial charge in [-0.2, -0.15) is 4.98 Å². The number of benzene rings is 2. The zero-order valence-electron chi connectivity index (χ0n) is 16.3. The number of imidazole rings is 2. The van der Waals surface area contributed by atoms with Crippen LogP contribution in [0, 0.1) is 6.92 Å². The van der Waals surface area contributed by atoms with E-state index in [-0.39, 0.29) is 5.56 Å². The molecule has 0 aliphatic heterocycles. The second-order valence-electron chi connectivity index (χ2n) is 7.10.